The first-order valence-electron chi connectivity index (χ1n) is 12.1. The van der Waals surface area contributed by atoms with E-state index in [1.54, 1.807) is 41.4 Å². The molecule has 1 saturated heterocycles. The molecular formula is C27H21N7O4S. The predicted octanol–water partition coefficient (Wildman–Crippen LogP) is 3.24. The van der Waals surface area contributed by atoms with E-state index in [0.717, 1.165) is 11.3 Å². The number of fused-ring (bicyclic) bond motifs is 1. The Morgan fingerprint density at radius 3 is 2.69 bits per heavy atom. The van der Waals surface area contributed by atoms with Crippen molar-refractivity contribution in [3.05, 3.63) is 88.2 Å². The number of carbonyl (C=O) groups is 3. The number of piperidine rings is 1. The Balaban J connectivity index is 1.30. The molecule has 1 atom stereocenters. The Hall–Kier alpha value is -4.97. The molecule has 5 aromatic rings. The number of anilines is 1. The quantitative estimate of drug-likeness (QED) is 0.327. The van der Waals surface area contributed by atoms with Gasteiger partial charge in [0.1, 0.15) is 22.6 Å². The van der Waals surface area contributed by atoms with E-state index < -0.39 is 23.4 Å². The average molecular weight is 540 g/mol. The lowest BCUT2D eigenvalue weighted by Gasteiger charge is -2.24. The van der Waals surface area contributed by atoms with Crippen LogP contribution in [0.15, 0.2) is 71.1 Å². The molecule has 1 unspecified atom stereocenters. The summed E-state index contributed by atoms with van der Waals surface area (Å²) in [5.41, 5.74) is 2.01. The van der Waals surface area contributed by atoms with E-state index in [-0.39, 0.29) is 35.5 Å². The van der Waals surface area contributed by atoms with E-state index in [1.807, 2.05) is 36.5 Å². The van der Waals surface area contributed by atoms with Gasteiger partial charge in [0.05, 0.1) is 28.5 Å². The standard InChI is InChI=1S/C27H21N7O4S/c1-15-29-18-8-5-9-19(23(18)27(38)34(15)21-10-11-22(35)32-25(21)37)30-24(36)20-14-39-26(31-20)16-12-28-33(13-16)17-6-3-2-4-7-17/h2-9,12-14,21H,10-11H2,1H3,(H,30,36)(H,32,35,37). The lowest BCUT2D eigenvalue weighted by molar-refractivity contribution is -0.135. The number of aryl methyl sites for hydroxylation is 1. The number of benzene rings is 2. The predicted molar refractivity (Wildman–Crippen MR) is 145 cm³/mol. The van der Waals surface area contributed by atoms with Crippen LogP contribution in [0.2, 0.25) is 0 Å². The second-order valence-corrected chi connectivity index (χ2v) is 9.86. The number of nitrogens with one attached hydrogen (secondary N) is 2. The molecule has 3 aromatic heterocycles. The molecule has 2 aromatic carbocycles. The van der Waals surface area contributed by atoms with Gasteiger partial charge in [-0.25, -0.2) is 14.6 Å². The summed E-state index contributed by atoms with van der Waals surface area (Å²) in [6, 6.07) is 13.7. The number of aromatic nitrogens is 5. The van der Waals surface area contributed by atoms with Crippen molar-refractivity contribution in [2.45, 2.75) is 25.8 Å². The molecule has 0 saturated carbocycles. The summed E-state index contributed by atoms with van der Waals surface area (Å²) in [7, 11) is 0. The van der Waals surface area contributed by atoms with Gasteiger partial charge in [-0.05, 0) is 37.6 Å². The summed E-state index contributed by atoms with van der Waals surface area (Å²) in [4.78, 5) is 59.9. The number of para-hydroxylation sites is 1. The zero-order chi connectivity index (χ0) is 27.1. The topological polar surface area (TPSA) is 141 Å². The Labute approximate surface area is 225 Å². The minimum Gasteiger partial charge on any atom is -0.320 e. The van der Waals surface area contributed by atoms with Crippen molar-refractivity contribution in [3.8, 4) is 16.3 Å². The fourth-order valence-electron chi connectivity index (χ4n) is 4.61. The summed E-state index contributed by atoms with van der Waals surface area (Å²) in [5, 5.41) is 11.9. The van der Waals surface area contributed by atoms with Gasteiger partial charge in [0.25, 0.3) is 11.5 Å². The largest absolute Gasteiger partial charge is 0.320 e. The Morgan fingerprint density at radius 2 is 1.90 bits per heavy atom. The van der Waals surface area contributed by atoms with Crippen molar-refractivity contribution in [2.24, 2.45) is 0 Å². The van der Waals surface area contributed by atoms with E-state index in [4.69, 9.17) is 0 Å². The fraction of sp³-hybridized carbons (Fsp3) is 0.148. The molecule has 11 nitrogen and oxygen atoms in total. The second-order valence-electron chi connectivity index (χ2n) is 9.00. The van der Waals surface area contributed by atoms with Gasteiger partial charge >= 0.3 is 0 Å². The van der Waals surface area contributed by atoms with Crippen molar-refractivity contribution in [2.75, 3.05) is 5.32 Å². The minimum absolute atomic E-state index is 0.120. The number of nitrogens with zero attached hydrogens (tertiary/aromatic N) is 5. The molecule has 194 valence electrons. The average Bonchev–Trinajstić information content (AvgIpc) is 3.61. The monoisotopic (exact) mass is 539 g/mol. The first-order valence-corrected chi connectivity index (χ1v) is 13.0. The van der Waals surface area contributed by atoms with Crippen LogP contribution >= 0.6 is 11.3 Å². The number of hydrogen-bond donors (Lipinski definition) is 2. The van der Waals surface area contributed by atoms with Gasteiger partial charge in [-0.2, -0.15) is 5.10 Å². The van der Waals surface area contributed by atoms with Gasteiger partial charge in [0.2, 0.25) is 11.8 Å². The summed E-state index contributed by atoms with van der Waals surface area (Å²) >= 11 is 1.31. The van der Waals surface area contributed by atoms with Crippen LogP contribution in [0.25, 0.3) is 27.2 Å². The normalized spacial score (nSPS) is 15.4. The molecular weight excluding hydrogens is 518 g/mol. The highest BCUT2D eigenvalue weighted by atomic mass is 32.1. The molecule has 12 heteroatoms. The van der Waals surface area contributed by atoms with Crippen molar-refractivity contribution in [3.63, 3.8) is 0 Å². The molecule has 1 aliphatic heterocycles. The first-order chi connectivity index (χ1) is 18.9. The maximum Gasteiger partial charge on any atom is 0.275 e. The van der Waals surface area contributed by atoms with Crippen LogP contribution in [0, 0.1) is 6.92 Å². The van der Waals surface area contributed by atoms with Gasteiger partial charge in [0, 0.05) is 23.6 Å². The molecule has 0 bridgehead atoms. The van der Waals surface area contributed by atoms with E-state index >= 15 is 0 Å². The molecule has 39 heavy (non-hydrogen) atoms. The van der Waals surface area contributed by atoms with Gasteiger partial charge in [-0.15, -0.1) is 11.3 Å². The van der Waals surface area contributed by atoms with Crippen molar-refractivity contribution in [1.82, 2.24) is 29.6 Å². The van der Waals surface area contributed by atoms with Gasteiger partial charge < -0.3 is 5.32 Å². The van der Waals surface area contributed by atoms with Crippen molar-refractivity contribution < 1.29 is 14.4 Å². The summed E-state index contributed by atoms with van der Waals surface area (Å²) in [6.45, 7) is 1.63. The number of carbonyl (C=O) groups excluding carboxylic acids is 3. The second kappa shape index (κ2) is 9.72. The van der Waals surface area contributed by atoms with Gasteiger partial charge in [-0.3, -0.25) is 29.1 Å². The van der Waals surface area contributed by atoms with Crippen LogP contribution in [0.5, 0.6) is 0 Å². The van der Waals surface area contributed by atoms with Crippen LogP contribution in [0.3, 0.4) is 0 Å². The molecule has 6 rings (SSSR count). The van der Waals surface area contributed by atoms with Crippen LogP contribution in [0.1, 0.15) is 35.2 Å². The SMILES string of the molecule is Cc1nc2cccc(NC(=O)c3csc(-c4cnn(-c5ccccc5)c4)n3)c2c(=O)n1C1CCC(=O)NC1=O. The number of imide groups is 1. The third-order valence-corrected chi connectivity index (χ3v) is 7.35. The number of thiazole rings is 1. The Morgan fingerprint density at radius 1 is 1.08 bits per heavy atom. The van der Waals surface area contributed by atoms with Gasteiger partial charge in [0.15, 0.2) is 0 Å². The molecule has 4 heterocycles. The highest BCUT2D eigenvalue weighted by molar-refractivity contribution is 7.13. The molecule has 0 spiro atoms. The van der Waals surface area contributed by atoms with E-state index in [2.05, 4.69) is 25.7 Å². The van der Waals surface area contributed by atoms with E-state index in [0.29, 0.717) is 16.3 Å². The molecule has 1 aliphatic rings. The van der Waals surface area contributed by atoms with E-state index in [1.165, 1.54) is 15.9 Å². The Bertz CT molecular complexity index is 1820. The molecule has 0 aliphatic carbocycles. The van der Waals surface area contributed by atoms with Crippen LogP contribution < -0.4 is 16.2 Å². The zero-order valence-corrected chi connectivity index (χ0v) is 21.4. The van der Waals surface area contributed by atoms with Gasteiger partial charge in [-0.1, -0.05) is 24.3 Å². The Kier molecular flexibility index (Phi) is 6.08. The van der Waals surface area contributed by atoms with Crippen LogP contribution in [-0.4, -0.2) is 42.0 Å². The smallest absolute Gasteiger partial charge is 0.275 e. The lowest BCUT2D eigenvalue weighted by Crippen LogP contribution is -2.45. The minimum atomic E-state index is -0.867. The molecule has 2 N–H and O–H groups in total. The number of rotatable bonds is 5. The first kappa shape index (κ1) is 24.4. The zero-order valence-electron chi connectivity index (χ0n) is 20.6. The maximum atomic E-state index is 13.6. The summed E-state index contributed by atoms with van der Waals surface area (Å²) < 4.78 is 3.01. The summed E-state index contributed by atoms with van der Waals surface area (Å²) in [5.74, 6) is -1.08. The lowest BCUT2D eigenvalue weighted by atomic mass is 10.1. The van der Waals surface area contributed by atoms with Crippen LogP contribution in [-0.2, 0) is 9.59 Å². The van der Waals surface area contributed by atoms with Crippen molar-refractivity contribution in [1.29, 1.82) is 0 Å². The molecule has 3 amide bonds. The number of hydrogen-bond acceptors (Lipinski definition) is 8. The highest BCUT2D eigenvalue weighted by Gasteiger charge is 2.31. The third-order valence-electron chi connectivity index (χ3n) is 6.46. The third kappa shape index (κ3) is 4.50. The van der Waals surface area contributed by atoms with E-state index in [9.17, 15) is 19.2 Å². The number of amides is 3. The fourth-order valence-corrected chi connectivity index (χ4v) is 5.38. The molecule has 1 fully saturated rings. The highest BCUT2D eigenvalue weighted by Crippen LogP contribution is 2.26. The molecule has 0 radical (unpaired) electrons. The van der Waals surface area contributed by atoms with Crippen molar-refractivity contribution >= 4 is 45.6 Å². The summed E-state index contributed by atoms with van der Waals surface area (Å²) in [6.07, 6.45) is 3.83. The van der Waals surface area contributed by atoms with Crippen LogP contribution in [0.4, 0.5) is 5.69 Å². The maximum absolute atomic E-state index is 13.6.